The molecular weight excluding hydrogens is 374 g/mol. The van der Waals surface area contributed by atoms with Gasteiger partial charge in [0.25, 0.3) is 5.91 Å². The zero-order chi connectivity index (χ0) is 21.2. The minimum absolute atomic E-state index is 0.0430. The third-order valence-electron chi connectivity index (χ3n) is 4.97. The number of hydrogen-bond donors (Lipinski definition) is 2. The van der Waals surface area contributed by atoms with Crippen molar-refractivity contribution < 1.29 is 19.1 Å². The second kappa shape index (κ2) is 7.98. The number of benzene rings is 1. The van der Waals surface area contributed by atoms with Gasteiger partial charge in [0.1, 0.15) is 11.3 Å². The minimum Gasteiger partial charge on any atom is -0.496 e. The Bertz CT molecular complexity index is 1000. The Morgan fingerprint density at radius 2 is 1.90 bits per heavy atom. The van der Waals surface area contributed by atoms with Gasteiger partial charge in [0.2, 0.25) is 5.43 Å². The largest absolute Gasteiger partial charge is 0.496 e. The fraction of sp³-hybridized carbons (Fsp3) is 0.381. The third-order valence-corrected chi connectivity index (χ3v) is 4.97. The minimum atomic E-state index is -1.20. The maximum absolute atomic E-state index is 13.1. The highest BCUT2D eigenvalue weighted by Crippen LogP contribution is 2.32. The summed E-state index contributed by atoms with van der Waals surface area (Å²) in [4.78, 5) is 41.8. The second-order valence-electron chi connectivity index (χ2n) is 7.17. The standard InChI is InChI=1S/C21H25N3O5/c1-5-8-29-18-11-22-15(10-16(18)25)12-24-19(26)21(3,23-20(24)27)14-6-7-17(28-4)13(2)9-14/h6-7,9-11H,5,8,12H2,1-4H3,(H,22,25)(H,23,27). The van der Waals surface area contributed by atoms with Gasteiger partial charge in [-0.05, 0) is 43.5 Å². The molecule has 0 radical (unpaired) electrons. The molecule has 3 amide bonds. The van der Waals surface area contributed by atoms with Crippen LogP contribution in [-0.2, 0) is 16.9 Å². The molecular formula is C21H25N3O5. The molecule has 1 fully saturated rings. The monoisotopic (exact) mass is 399 g/mol. The number of pyridine rings is 1. The van der Waals surface area contributed by atoms with Gasteiger partial charge in [0.15, 0.2) is 5.75 Å². The van der Waals surface area contributed by atoms with Crippen molar-refractivity contribution in [2.24, 2.45) is 0 Å². The average molecular weight is 399 g/mol. The maximum Gasteiger partial charge on any atom is 0.325 e. The summed E-state index contributed by atoms with van der Waals surface area (Å²) in [5.41, 5.74) is 0.468. The Balaban J connectivity index is 1.83. The topological polar surface area (TPSA) is 101 Å². The van der Waals surface area contributed by atoms with E-state index in [4.69, 9.17) is 9.47 Å². The molecule has 1 aromatic carbocycles. The molecule has 1 atom stereocenters. The van der Waals surface area contributed by atoms with E-state index in [-0.39, 0.29) is 23.6 Å². The van der Waals surface area contributed by atoms with Crippen LogP contribution in [0, 0.1) is 6.92 Å². The number of nitrogens with one attached hydrogen (secondary N) is 2. The van der Waals surface area contributed by atoms with Crippen molar-refractivity contribution in [3.8, 4) is 11.5 Å². The summed E-state index contributed by atoms with van der Waals surface area (Å²) in [7, 11) is 1.58. The predicted molar refractivity (Wildman–Crippen MR) is 107 cm³/mol. The highest BCUT2D eigenvalue weighted by Gasteiger charge is 2.49. The number of aromatic amines is 1. The van der Waals surface area contributed by atoms with Crippen LogP contribution in [0.15, 0.2) is 35.3 Å². The highest BCUT2D eigenvalue weighted by atomic mass is 16.5. The van der Waals surface area contributed by atoms with Crippen LogP contribution in [0.3, 0.4) is 0 Å². The molecule has 0 bridgehead atoms. The van der Waals surface area contributed by atoms with Gasteiger partial charge in [-0.25, -0.2) is 4.79 Å². The fourth-order valence-electron chi connectivity index (χ4n) is 3.31. The molecule has 29 heavy (non-hydrogen) atoms. The van der Waals surface area contributed by atoms with Crippen molar-refractivity contribution in [1.29, 1.82) is 0 Å². The van der Waals surface area contributed by atoms with E-state index >= 15 is 0 Å². The number of urea groups is 1. The van der Waals surface area contributed by atoms with Gasteiger partial charge in [0, 0.05) is 18.0 Å². The van der Waals surface area contributed by atoms with Crippen molar-refractivity contribution in [1.82, 2.24) is 15.2 Å². The molecule has 0 aliphatic carbocycles. The molecule has 1 unspecified atom stereocenters. The van der Waals surface area contributed by atoms with Crippen molar-refractivity contribution >= 4 is 11.9 Å². The van der Waals surface area contributed by atoms with E-state index in [1.54, 1.807) is 26.2 Å². The number of imide groups is 1. The van der Waals surface area contributed by atoms with E-state index in [9.17, 15) is 14.4 Å². The first-order valence-electron chi connectivity index (χ1n) is 9.43. The number of amides is 3. The summed E-state index contributed by atoms with van der Waals surface area (Å²) in [5, 5.41) is 2.77. The van der Waals surface area contributed by atoms with Crippen LogP contribution in [-0.4, -0.2) is 35.5 Å². The number of carbonyl (C=O) groups is 2. The molecule has 1 aromatic heterocycles. The van der Waals surface area contributed by atoms with E-state index in [0.717, 1.165) is 16.9 Å². The van der Waals surface area contributed by atoms with E-state index in [0.29, 0.717) is 23.6 Å². The summed E-state index contributed by atoms with van der Waals surface area (Å²) in [5.74, 6) is 0.527. The number of aryl methyl sites for hydroxylation is 1. The summed E-state index contributed by atoms with van der Waals surface area (Å²) in [6, 6.07) is 6.18. The Labute approximate surface area is 168 Å². The first-order chi connectivity index (χ1) is 13.8. The Kier molecular flexibility index (Phi) is 5.63. The van der Waals surface area contributed by atoms with Gasteiger partial charge >= 0.3 is 6.03 Å². The summed E-state index contributed by atoms with van der Waals surface area (Å²) in [6.07, 6.45) is 2.24. The molecule has 2 aromatic rings. The zero-order valence-corrected chi connectivity index (χ0v) is 17.0. The van der Waals surface area contributed by atoms with Gasteiger partial charge in [-0.15, -0.1) is 0 Å². The summed E-state index contributed by atoms with van der Waals surface area (Å²) < 4.78 is 10.6. The molecule has 154 valence electrons. The van der Waals surface area contributed by atoms with Crippen LogP contribution in [0.1, 0.15) is 37.1 Å². The molecule has 8 nitrogen and oxygen atoms in total. The van der Waals surface area contributed by atoms with E-state index in [2.05, 4.69) is 10.3 Å². The lowest BCUT2D eigenvalue weighted by Crippen LogP contribution is -2.41. The van der Waals surface area contributed by atoms with Crippen molar-refractivity contribution in [3.05, 3.63) is 57.5 Å². The van der Waals surface area contributed by atoms with Gasteiger partial charge in [-0.3, -0.25) is 14.5 Å². The molecule has 8 heteroatoms. The normalized spacial score (nSPS) is 18.7. The van der Waals surface area contributed by atoms with E-state index < -0.39 is 11.6 Å². The van der Waals surface area contributed by atoms with Crippen molar-refractivity contribution in [3.63, 3.8) is 0 Å². The number of aromatic nitrogens is 1. The number of carbonyl (C=O) groups excluding carboxylic acids is 2. The number of H-pyrrole nitrogens is 1. The predicted octanol–water partition coefficient (Wildman–Crippen LogP) is 2.45. The molecule has 0 spiro atoms. The van der Waals surface area contributed by atoms with Crippen molar-refractivity contribution in [2.45, 2.75) is 39.3 Å². The van der Waals surface area contributed by atoms with Crippen LogP contribution in [0.4, 0.5) is 4.79 Å². The van der Waals surface area contributed by atoms with E-state index in [1.807, 2.05) is 19.9 Å². The van der Waals surface area contributed by atoms with Gasteiger partial charge in [-0.1, -0.05) is 13.0 Å². The molecule has 1 saturated heterocycles. The Morgan fingerprint density at radius 3 is 2.52 bits per heavy atom. The fourth-order valence-corrected chi connectivity index (χ4v) is 3.31. The molecule has 1 aliphatic heterocycles. The average Bonchev–Trinajstić information content (AvgIpc) is 2.91. The van der Waals surface area contributed by atoms with Crippen LogP contribution in [0.5, 0.6) is 11.5 Å². The second-order valence-corrected chi connectivity index (χ2v) is 7.17. The highest BCUT2D eigenvalue weighted by molar-refractivity contribution is 6.07. The van der Waals surface area contributed by atoms with Crippen LogP contribution in [0.2, 0.25) is 0 Å². The lowest BCUT2D eigenvalue weighted by Gasteiger charge is -2.23. The van der Waals surface area contributed by atoms with Gasteiger partial charge in [0.05, 0.1) is 20.3 Å². The van der Waals surface area contributed by atoms with Gasteiger partial charge in [-0.2, -0.15) is 0 Å². The number of ether oxygens (including phenoxy) is 2. The Hall–Kier alpha value is -3.29. The first-order valence-corrected chi connectivity index (χ1v) is 9.43. The maximum atomic E-state index is 13.1. The van der Waals surface area contributed by atoms with Crippen LogP contribution >= 0.6 is 0 Å². The van der Waals surface area contributed by atoms with Crippen molar-refractivity contribution in [2.75, 3.05) is 13.7 Å². The molecule has 3 rings (SSSR count). The van der Waals surface area contributed by atoms with E-state index in [1.165, 1.54) is 12.3 Å². The lowest BCUT2D eigenvalue weighted by atomic mass is 9.90. The number of hydrogen-bond acceptors (Lipinski definition) is 5. The molecule has 2 N–H and O–H groups in total. The quantitative estimate of drug-likeness (QED) is 0.697. The number of methoxy groups -OCH3 is 1. The molecule has 1 aliphatic rings. The third kappa shape index (κ3) is 3.83. The number of nitrogens with zero attached hydrogens (tertiary/aromatic N) is 1. The molecule has 2 heterocycles. The Morgan fingerprint density at radius 1 is 1.14 bits per heavy atom. The van der Waals surface area contributed by atoms with Crippen LogP contribution in [0.25, 0.3) is 0 Å². The van der Waals surface area contributed by atoms with Crippen LogP contribution < -0.4 is 20.2 Å². The number of rotatable bonds is 7. The smallest absolute Gasteiger partial charge is 0.325 e. The SMILES string of the molecule is CCCOc1c[nH]c(CN2C(=O)NC(C)(c3ccc(OC)c(C)c3)C2=O)cc1=O. The first kappa shape index (κ1) is 20.4. The molecule has 0 saturated carbocycles. The summed E-state index contributed by atoms with van der Waals surface area (Å²) >= 11 is 0. The van der Waals surface area contributed by atoms with Gasteiger partial charge < -0.3 is 19.8 Å². The zero-order valence-electron chi connectivity index (χ0n) is 17.0. The summed E-state index contributed by atoms with van der Waals surface area (Å²) in [6.45, 7) is 5.88. The lowest BCUT2D eigenvalue weighted by molar-refractivity contribution is -0.131.